The second-order valence-electron chi connectivity index (χ2n) is 6.74. The van der Waals surface area contributed by atoms with E-state index < -0.39 is 0 Å². The molecule has 6 nitrogen and oxygen atoms in total. The Morgan fingerprint density at radius 1 is 1.20 bits per heavy atom. The fraction of sp³-hybridized carbons (Fsp3) is 0.526. The molecular formula is C19H27N3O3. The van der Waals surface area contributed by atoms with Gasteiger partial charge >= 0.3 is 0 Å². The number of nitrogens with one attached hydrogen (secondary N) is 1. The summed E-state index contributed by atoms with van der Waals surface area (Å²) in [6.45, 7) is 8.44. The zero-order valence-corrected chi connectivity index (χ0v) is 15.4. The third-order valence-electron chi connectivity index (χ3n) is 3.85. The van der Waals surface area contributed by atoms with Crippen LogP contribution in [0, 0.1) is 12.8 Å². The van der Waals surface area contributed by atoms with Gasteiger partial charge in [0.1, 0.15) is 5.75 Å². The van der Waals surface area contributed by atoms with Crippen molar-refractivity contribution in [1.82, 2.24) is 15.5 Å². The number of nitrogens with zero attached hydrogens (tertiary/aromatic N) is 2. The van der Waals surface area contributed by atoms with Gasteiger partial charge in [-0.1, -0.05) is 31.8 Å². The van der Waals surface area contributed by atoms with Gasteiger partial charge < -0.3 is 14.6 Å². The minimum Gasteiger partial charge on any atom is -0.485 e. The molecule has 0 aliphatic rings. The lowest BCUT2D eigenvalue weighted by Gasteiger charge is -2.14. The zero-order chi connectivity index (χ0) is 18.2. The Morgan fingerprint density at radius 3 is 2.52 bits per heavy atom. The fourth-order valence-electron chi connectivity index (χ4n) is 2.46. The molecule has 136 valence electrons. The Hall–Kier alpha value is -2.37. The van der Waals surface area contributed by atoms with Crippen LogP contribution in [0.25, 0.3) is 0 Å². The number of aromatic nitrogens is 2. The van der Waals surface area contributed by atoms with Gasteiger partial charge in [0.25, 0.3) is 5.91 Å². The lowest BCUT2D eigenvalue weighted by Crippen LogP contribution is -2.32. The first kappa shape index (κ1) is 19.0. The predicted octanol–water partition coefficient (Wildman–Crippen LogP) is 3.90. The van der Waals surface area contributed by atoms with E-state index in [4.69, 9.17) is 9.26 Å². The molecule has 0 bridgehead atoms. The first-order valence-corrected chi connectivity index (χ1v) is 8.77. The van der Waals surface area contributed by atoms with Gasteiger partial charge in [0.15, 0.2) is 6.61 Å². The molecule has 25 heavy (non-hydrogen) atoms. The second-order valence-corrected chi connectivity index (χ2v) is 6.74. The predicted molar refractivity (Wildman–Crippen MR) is 95.4 cm³/mol. The molecule has 0 fully saturated rings. The number of carbonyl (C=O) groups excluding carboxylic acids is 1. The molecule has 6 heteroatoms. The van der Waals surface area contributed by atoms with Gasteiger partial charge in [0.05, 0.1) is 0 Å². The lowest BCUT2D eigenvalue weighted by molar-refractivity contribution is 0.0937. The molecule has 2 aromatic rings. The highest BCUT2D eigenvalue weighted by Gasteiger charge is 2.10. The smallest absolute Gasteiger partial charge is 0.251 e. The van der Waals surface area contributed by atoms with Gasteiger partial charge in [0.2, 0.25) is 11.7 Å². The van der Waals surface area contributed by atoms with Crippen LogP contribution in [-0.4, -0.2) is 22.1 Å². The molecule has 1 aromatic carbocycles. The lowest BCUT2D eigenvalue weighted by atomic mass is 10.0. The van der Waals surface area contributed by atoms with Crippen LogP contribution in [0.1, 0.15) is 62.1 Å². The molecular weight excluding hydrogens is 318 g/mol. The molecule has 0 saturated carbocycles. The summed E-state index contributed by atoms with van der Waals surface area (Å²) in [6, 6.07) is 7.22. The summed E-state index contributed by atoms with van der Waals surface area (Å²) >= 11 is 0. The molecule has 0 spiro atoms. The van der Waals surface area contributed by atoms with Crippen LogP contribution in [0.15, 0.2) is 28.8 Å². The monoisotopic (exact) mass is 345 g/mol. The van der Waals surface area contributed by atoms with Crippen molar-refractivity contribution in [2.75, 3.05) is 0 Å². The van der Waals surface area contributed by atoms with Crippen LogP contribution in [0.2, 0.25) is 0 Å². The number of benzene rings is 1. The molecule has 1 N–H and O–H groups in total. The van der Waals surface area contributed by atoms with Gasteiger partial charge in [-0.3, -0.25) is 4.79 Å². The van der Waals surface area contributed by atoms with Crippen molar-refractivity contribution < 1.29 is 14.1 Å². The van der Waals surface area contributed by atoms with Crippen LogP contribution in [0.3, 0.4) is 0 Å². The number of aryl methyl sites for hydroxylation is 1. The van der Waals surface area contributed by atoms with E-state index >= 15 is 0 Å². The average molecular weight is 345 g/mol. The first-order valence-electron chi connectivity index (χ1n) is 8.77. The number of hydrogen-bond acceptors (Lipinski definition) is 5. The van der Waals surface area contributed by atoms with Crippen molar-refractivity contribution in [2.24, 2.45) is 5.92 Å². The third-order valence-corrected chi connectivity index (χ3v) is 3.85. The van der Waals surface area contributed by atoms with E-state index in [1.54, 1.807) is 31.2 Å². The Bertz CT molecular complexity index is 665. The number of ether oxygens (including phenoxy) is 1. The van der Waals surface area contributed by atoms with E-state index in [9.17, 15) is 4.79 Å². The maximum Gasteiger partial charge on any atom is 0.251 e. The number of carbonyl (C=O) groups is 1. The minimum absolute atomic E-state index is 0.0580. The summed E-state index contributed by atoms with van der Waals surface area (Å²) in [4.78, 5) is 16.3. The molecule has 0 aliphatic carbocycles. The van der Waals surface area contributed by atoms with E-state index in [1.807, 2.05) is 6.92 Å². The first-order chi connectivity index (χ1) is 11.9. The Kier molecular flexibility index (Phi) is 6.98. The van der Waals surface area contributed by atoms with Crippen LogP contribution in [0.5, 0.6) is 5.75 Å². The van der Waals surface area contributed by atoms with Crippen molar-refractivity contribution >= 4 is 5.91 Å². The van der Waals surface area contributed by atoms with E-state index in [1.165, 1.54) is 6.42 Å². The molecule has 1 atom stereocenters. The molecule has 0 aliphatic heterocycles. The summed E-state index contributed by atoms with van der Waals surface area (Å²) in [5, 5.41) is 6.81. The summed E-state index contributed by atoms with van der Waals surface area (Å²) in [7, 11) is 0. The van der Waals surface area contributed by atoms with Gasteiger partial charge in [0, 0.05) is 18.5 Å². The summed E-state index contributed by atoms with van der Waals surface area (Å²) < 4.78 is 10.5. The fourth-order valence-corrected chi connectivity index (χ4v) is 2.46. The van der Waals surface area contributed by atoms with Crippen molar-refractivity contribution in [3.63, 3.8) is 0 Å². The number of amides is 1. The van der Waals surface area contributed by atoms with E-state index in [-0.39, 0.29) is 18.6 Å². The topological polar surface area (TPSA) is 77.2 Å². The molecule has 1 aromatic heterocycles. The van der Waals surface area contributed by atoms with Crippen LogP contribution >= 0.6 is 0 Å². The quantitative estimate of drug-likeness (QED) is 0.746. The minimum atomic E-state index is -0.0580. The van der Waals surface area contributed by atoms with Crippen LogP contribution in [0.4, 0.5) is 0 Å². The normalized spacial score (nSPS) is 12.2. The number of rotatable bonds is 9. The largest absolute Gasteiger partial charge is 0.485 e. The van der Waals surface area contributed by atoms with Gasteiger partial charge in [-0.25, -0.2) is 0 Å². The highest BCUT2D eigenvalue weighted by atomic mass is 16.5. The highest BCUT2D eigenvalue weighted by Crippen LogP contribution is 2.14. The molecule has 0 radical (unpaired) electrons. The zero-order valence-electron chi connectivity index (χ0n) is 15.4. The highest BCUT2D eigenvalue weighted by molar-refractivity contribution is 5.94. The van der Waals surface area contributed by atoms with E-state index in [0.717, 1.165) is 12.8 Å². The van der Waals surface area contributed by atoms with E-state index in [0.29, 0.717) is 28.9 Å². The molecule has 1 amide bonds. The van der Waals surface area contributed by atoms with E-state index in [2.05, 4.69) is 29.3 Å². The SMILES string of the molecule is Cc1nc(COc2ccc(C(=O)NC(C)CCCC(C)C)cc2)no1. The summed E-state index contributed by atoms with van der Waals surface area (Å²) in [5.74, 6) is 2.30. The van der Waals surface area contributed by atoms with Crippen LogP contribution < -0.4 is 10.1 Å². The third kappa shape index (κ3) is 6.57. The van der Waals surface area contributed by atoms with Gasteiger partial charge in [-0.05, 0) is 43.5 Å². The van der Waals surface area contributed by atoms with Crippen molar-refractivity contribution in [3.05, 3.63) is 41.5 Å². The van der Waals surface area contributed by atoms with Crippen molar-refractivity contribution in [1.29, 1.82) is 0 Å². The molecule has 1 unspecified atom stereocenters. The van der Waals surface area contributed by atoms with Gasteiger partial charge in [-0.15, -0.1) is 0 Å². The van der Waals surface area contributed by atoms with Gasteiger partial charge in [-0.2, -0.15) is 4.98 Å². The summed E-state index contributed by atoms with van der Waals surface area (Å²) in [6.07, 6.45) is 3.31. The molecule has 0 saturated heterocycles. The Balaban J connectivity index is 1.79. The Labute approximate surface area is 149 Å². The van der Waals surface area contributed by atoms with Crippen molar-refractivity contribution in [2.45, 2.75) is 59.6 Å². The average Bonchev–Trinajstić information content (AvgIpc) is 2.98. The Morgan fingerprint density at radius 2 is 1.92 bits per heavy atom. The number of hydrogen-bond donors (Lipinski definition) is 1. The maximum atomic E-state index is 12.3. The standard InChI is InChI=1S/C19H27N3O3/c1-13(2)6-5-7-14(3)20-19(23)16-8-10-17(11-9-16)24-12-18-21-15(4)25-22-18/h8-11,13-14H,5-7,12H2,1-4H3,(H,20,23). The summed E-state index contributed by atoms with van der Waals surface area (Å²) in [5.41, 5.74) is 0.624. The maximum absolute atomic E-state index is 12.3. The van der Waals surface area contributed by atoms with Crippen molar-refractivity contribution in [3.8, 4) is 5.75 Å². The molecule has 2 rings (SSSR count). The second kappa shape index (κ2) is 9.20. The molecule has 1 heterocycles. The van der Waals surface area contributed by atoms with Crippen LogP contribution in [-0.2, 0) is 6.61 Å².